The highest BCUT2D eigenvalue weighted by Gasteiger charge is 2.54. The number of para-hydroxylation sites is 1. The average Bonchev–Trinajstić information content (AvgIpc) is 3.07. The molecule has 6 heteroatoms. The smallest absolute Gasteiger partial charge is 0.415 e. The van der Waals surface area contributed by atoms with Crippen molar-refractivity contribution in [3.05, 3.63) is 51.7 Å². The van der Waals surface area contributed by atoms with Gasteiger partial charge in [-0.05, 0) is 56.3 Å². The van der Waals surface area contributed by atoms with Crippen LogP contribution in [0.15, 0.2) is 35.7 Å². The summed E-state index contributed by atoms with van der Waals surface area (Å²) in [5, 5.41) is 12.1. The molecule has 1 unspecified atom stereocenters. The molecule has 1 aromatic carbocycles. The Kier molecular flexibility index (Phi) is 4.56. The van der Waals surface area contributed by atoms with Crippen molar-refractivity contribution in [2.24, 2.45) is 0 Å². The Balaban J connectivity index is 2.11. The summed E-state index contributed by atoms with van der Waals surface area (Å²) in [5.74, 6) is -1.02. The van der Waals surface area contributed by atoms with Crippen LogP contribution in [0.5, 0.6) is 0 Å². The normalized spacial score (nSPS) is 19.3. The van der Waals surface area contributed by atoms with Crippen LogP contribution in [0.25, 0.3) is 0 Å². The minimum Gasteiger partial charge on any atom is -0.479 e. The molecular weight excluding hydrogens is 350 g/mol. The van der Waals surface area contributed by atoms with E-state index >= 15 is 0 Å². The molecule has 2 heterocycles. The van der Waals surface area contributed by atoms with Gasteiger partial charge in [-0.3, -0.25) is 4.90 Å². The van der Waals surface area contributed by atoms with E-state index in [1.165, 1.54) is 4.90 Å². The van der Waals surface area contributed by atoms with Crippen molar-refractivity contribution in [3.8, 4) is 0 Å². The van der Waals surface area contributed by atoms with Gasteiger partial charge >= 0.3 is 12.1 Å². The van der Waals surface area contributed by atoms with E-state index in [2.05, 4.69) is 0 Å². The van der Waals surface area contributed by atoms with E-state index in [1.807, 2.05) is 36.6 Å². The molecule has 0 saturated heterocycles. The van der Waals surface area contributed by atoms with Crippen LogP contribution in [-0.2, 0) is 22.4 Å². The van der Waals surface area contributed by atoms with E-state index in [0.717, 1.165) is 16.0 Å². The van der Waals surface area contributed by atoms with Gasteiger partial charge in [-0.25, -0.2) is 9.59 Å². The Morgan fingerprint density at radius 2 is 1.96 bits per heavy atom. The number of nitrogens with zero attached hydrogens (tertiary/aromatic N) is 1. The number of ether oxygens (including phenoxy) is 1. The number of thiophene rings is 1. The standard InChI is InChI=1S/C20H23NO4S/c1-13-14(9-10-26-13)11-20(17(22)23)12-15-7-5-6-8-16(15)21(20)18(24)25-19(2,3)4/h5-10H,11-12H2,1-4H3,(H,22,23). The van der Waals surface area contributed by atoms with Gasteiger partial charge in [0.1, 0.15) is 5.60 Å². The van der Waals surface area contributed by atoms with E-state index in [0.29, 0.717) is 5.69 Å². The van der Waals surface area contributed by atoms with Crippen molar-refractivity contribution >= 4 is 29.1 Å². The van der Waals surface area contributed by atoms with E-state index in [1.54, 1.807) is 38.2 Å². The molecule has 1 atom stereocenters. The third kappa shape index (κ3) is 3.21. The van der Waals surface area contributed by atoms with Crippen LogP contribution in [0.3, 0.4) is 0 Å². The number of aliphatic carboxylic acids is 1. The van der Waals surface area contributed by atoms with Crippen molar-refractivity contribution in [1.82, 2.24) is 0 Å². The Labute approximate surface area is 157 Å². The van der Waals surface area contributed by atoms with Gasteiger partial charge in [0.2, 0.25) is 0 Å². The number of fused-ring (bicyclic) bond motifs is 1. The lowest BCUT2D eigenvalue weighted by Gasteiger charge is -2.36. The molecule has 3 rings (SSSR count). The lowest BCUT2D eigenvalue weighted by Crippen LogP contribution is -2.58. The van der Waals surface area contributed by atoms with Crippen molar-refractivity contribution in [2.75, 3.05) is 4.90 Å². The second kappa shape index (κ2) is 6.43. The van der Waals surface area contributed by atoms with E-state index in [4.69, 9.17) is 4.74 Å². The first kappa shape index (κ1) is 18.5. The number of aryl methyl sites for hydroxylation is 1. The van der Waals surface area contributed by atoms with Gasteiger partial charge in [0.15, 0.2) is 5.54 Å². The SMILES string of the molecule is Cc1sccc1CC1(C(=O)O)Cc2ccccc2N1C(=O)OC(C)(C)C. The second-order valence-corrected chi connectivity index (χ2v) is 8.76. The zero-order chi connectivity index (χ0) is 19.1. The van der Waals surface area contributed by atoms with E-state index in [9.17, 15) is 14.7 Å². The fraction of sp³-hybridized carbons (Fsp3) is 0.400. The summed E-state index contributed by atoms with van der Waals surface area (Å²) in [6, 6.07) is 9.26. The number of anilines is 1. The maximum atomic E-state index is 13.0. The summed E-state index contributed by atoms with van der Waals surface area (Å²) in [7, 11) is 0. The van der Waals surface area contributed by atoms with Gasteiger partial charge in [0.05, 0.1) is 5.69 Å². The number of carboxylic acids is 1. The minimum atomic E-state index is -1.39. The largest absolute Gasteiger partial charge is 0.479 e. The first-order chi connectivity index (χ1) is 12.1. The Morgan fingerprint density at radius 3 is 2.54 bits per heavy atom. The molecule has 1 aliphatic heterocycles. The molecule has 0 saturated carbocycles. The fourth-order valence-electron chi connectivity index (χ4n) is 3.38. The van der Waals surface area contributed by atoms with Gasteiger partial charge in [-0.2, -0.15) is 0 Å². The summed E-state index contributed by atoms with van der Waals surface area (Å²) < 4.78 is 5.56. The Bertz CT molecular complexity index is 851. The minimum absolute atomic E-state index is 0.242. The van der Waals surface area contributed by atoms with Crippen LogP contribution in [0, 0.1) is 6.92 Å². The van der Waals surface area contributed by atoms with Crippen molar-refractivity contribution in [2.45, 2.75) is 51.7 Å². The maximum absolute atomic E-state index is 13.0. The average molecular weight is 373 g/mol. The predicted molar refractivity (Wildman–Crippen MR) is 102 cm³/mol. The molecule has 0 aliphatic carbocycles. The lowest BCUT2D eigenvalue weighted by atomic mass is 9.87. The molecule has 0 fully saturated rings. The van der Waals surface area contributed by atoms with E-state index in [-0.39, 0.29) is 12.8 Å². The molecular formula is C20H23NO4S. The summed E-state index contributed by atoms with van der Waals surface area (Å²) in [6.07, 6.45) is -0.128. The predicted octanol–water partition coefficient (Wildman–Crippen LogP) is 4.42. The van der Waals surface area contributed by atoms with Crippen LogP contribution in [0.4, 0.5) is 10.5 Å². The van der Waals surface area contributed by atoms with Crippen molar-refractivity contribution in [1.29, 1.82) is 0 Å². The maximum Gasteiger partial charge on any atom is 0.415 e. The number of carbonyl (C=O) groups is 2. The number of carboxylic acid groups (broad SMARTS) is 1. The quantitative estimate of drug-likeness (QED) is 0.865. The van der Waals surface area contributed by atoms with Crippen LogP contribution in [0.1, 0.15) is 36.8 Å². The number of amides is 1. The van der Waals surface area contributed by atoms with Crippen LogP contribution in [-0.4, -0.2) is 28.3 Å². The molecule has 1 N–H and O–H groups in total. The lowest BCUT2D eigenvalue weighted by molar-refractivity contribution is -0.143. The van der Waals surface area contributed by atoms with Crippen molar-refractivity contribution < 1.29 is 19.4 Å². The first-order valence-electron chi connectivity index (χ1n) is 8.51. The van der Waals surface area contributed by atoms with Gasteiger partial charge in [0, 0.05) is 17.7 Å². The highest BCUT2D eigenvalue weighted by Crippen LogP contribution is 2.42. The summed E-state index contributed by atoms with van der Waals surface area (Å²) in [6.45, 7) is 7.30. The Morgan fingerprint density at radius 1 is 1.27 bits per heavy atom. The van der Waals surface area contributed by atoms with Gasteiger partial charge < -0.3 is 9.84 Å². The molecule has 1 aromatic heterocycles. The number of carbonyl (C=O) groups excluding carboxylic acids is 1. The highest BCUT2D eigenvalue weighted by atomic mass is 32.1. The van der Waals surface area contributed by atoms with Crippen molar-refractivity contribution in [3.63, 3.8) is 0 Å². The number of hydrogen-bond donors (Lipinski definition) is 1. The molecule has 138 valence electrons. The van der Waals surface area contributed by atoms with Crippen LogP contribution in [0.2, 0.25) is 0 Å². The molecule has 0 radical (unpaired) electrons. The van der Waals surface area contributed by atoms with Gasteiger partial charge in [-0.1, -0.05) is 18.2 Å². The third-order valence-electron chi connectivity index (χ3n) is 4.57. The third-order valence-corrected chi connectivity index (χ3v) is 5.45. The summed E-state index contributed by atoms with van der Waals surface area (Å²) >= 11 is 1.57. The number of hydrogen-bond acceptors (Lipinski definition) is 4. The fourth-order valence-corrected chi connectivity index (χ4v) is 4.11. The zero-order valence-electron chi connectivity index (χ0n) is 15.4. The molecule has 1 aliphatic rings. The molecule has 26 heavy (non-hydrogen) atoms. The molecule has 2 aromatic rings. The van der Waals surface area contributed by atoms with Crippen LogP contribution >= 0.6 is 11.3 Å². The van der Waals surface area contributed by atoms with Gasteiger partial charge in [-0.15, -0.1) is 11.3 Å². The van der Waals surface area contributed by atoms with E-state index < -0.39 is 23.2 Å². The zero-order valence-corrected chi connectivity index (χ0v) is 16.2. The Hall–Kier alpha value is -2.34. The highest BCUT2D eigenvalue weighted by molar-refractivity contribution is 7.10. The summed E-state index contributed by atoms with van der Waals surface area (Å²) in [5.41, 5.74) is 0.291. The summed E-state index contributed by atoms with van der Waals surface area (Å²) in [4.78, 5) is 27.9. The monoisotopic (exact) mass is 373 g/mol. The topological polar surface area (TPSA) is 66.8 Å². The number of rotatable bonds is 3. The first-order valence-corrected chi connectivity index (χ1v) is 9.39. The molecule has 0 bridgehead atoms. The molecule has 5 nitrogen and oxygen atoms in total. The molecule has 1 amide bonds. The molecule has 0 spiro atoms. The van der Waals surface area contributed by atoms with Gasteiger partial charge in [0.25, 0.3) is 0 Å². The number of benzene rings is 1. The second-order valence-electron chi connectivity index (χ2n) is 7.64. The van der Waals surface area contributed by atoms with Crippen LogP contribution < -0.4 is 4.90 Å².